The van der Waals surface area contributed by atoms with Crippen molar-refractivity contribution in [2.75, 3.05) is 20.4 Å². The van der Waals surface area contributed by atoms with Crippen LogP contribution in [-0.4, -0.2) is 30.3 Å². The SMILES string of the molecule is COc1cc(CN2CCc3c([nH]c4ccccc34)C2)cc2c1OCO2. The van der Waals surface area contributed by atoms with Gasteiger partial charge in [0.05, 0.1) is 7.11 Å². The molecule has 0 radical (unpaired) electrons. The van der Waals surface area contributed by atoms with Gasteiger partial charge in [-0.1, -0.05) is 18.2 Å². The second-order valence-corrected chi connectivity index (χ2v) is 6.62. The zero-order chi connectivity index (χ0) is 16.8. The third-order valence-electron chi connectivity index (χ3n) is 5.09. The molecule has 0 atom stereocenters. The molecule has 128 valence electrons. The van der Waals surface area contributed by atoms with Gasteiger partial charge in [-0.2, -0.15) is 0 Å². The van der Waals surface area contributed by atoms with Crippen LogP contribution in [0.3, 0.4) is 0 Å². The molecule has 0 amide bonds. The first kappa shape index (κ1) is 14.7. The van der Waals surface area contributed by atoms with E-state index in [0.717, 1.165) is 37.6 Å². The molecule has 0 aliphatic carbocycles. The fourth-order valence-corrected chi connectivity index (χ4v) is 3.92. The minimum Gasteiger partial charge on any atom is -0.493 e. The van der Waals surface area contributed by atoms with Crippen molar-refractivity contribution in [3.63, 3.8) is 0 Å². The first-order chi connectivity index (χ1) is 12.3. The summed E-state index contributed by atoms with van der Waals surface area (Å²) in [6, 6.07) is 12.7. The van der Waals surface area contributed by atoms with Crippen LogP contribution in [0.25, 0.3) is 10.9 Å². The van der Waals surface area contributed by atoms with Crippen LogP contribution in [0.2, 0.25) is 0 Å². The molecule has 1 aromatic heterocycles. The molecule has 0 unspecified atom stereocenters. The van der Waals surface area contributed by atoms with Crippen LogP contribution in [0.4, 0.5) is 0 Å². The molecule has 25 heavy (non-hydrogen) atoms. The van der Waals surface area contributed by atoms with Crippen LogP contribution in [-0.2, 0) is 19.5 Å². The third kappa shape index (κ3) is 2.43. The van der Waals surface area contributed by atoms with Gasteiger partial charge in [0.2, 0.25) is 12.5 Å². The molecule has 5 heteroatoms. The molecular weight excluding hydrogens is 316 g/mol. The summed E-state index contributed by atoms with van der Waals surface area (Å²) in [6.45, 7) is 3.10. The van der Waals surface area contributed by atoms with Gasteiger partial charge < -0.3 is 19.2 Å². The quantitative estimate of drug-likeness (QED) is 0.796. The summed E-state index contributed by atoms with van der Waals surface area (Å²) in [5, 5.41) is 1.36. The number of rotatable bonds is 3. The number of nitrogens with zero attached hydrogens (tertiary/aromatic N) is 1. The normalized spacial score (nSPS) is 16.2. The number of benzene rings is 2. The van der Waals surface area contributed by atoms with Gasteiger partial charge in [-0.05, 0) is 35.7 Å². The highest BCUT2D eigenvalue weighted by molar-refractivity contribution is 5.84. The average molecular weight is 336 g/mol. The molecule has 0 saturated heterocycles. The fraction of sp³-hybridized carbons (Fsp3) is 0.300. The van der Waals surface area contributed by atoms with E-state index < -0.39 is 0 Å². The van der Waals surface area contributed by atoms with Crippen molar-refractivity contribution in [2.24, 2.45) is 0 Å². The lowest BCUT2D eigenvalue weighted by atomic mass is 10.0. The van der Waals surface area contributed by atoms with Crippen LogP contribution in [0.1, 0.15) is 16.8 Å². The van der Waals surface area contributed by atoms with Crippen molar-refractivity contribution in [1.82, 2.24) is 9.88 Å². The number of hydrogen-bond acceptors (Lipinski definition) is 4. The summed E-state index contributed by atoms with van der Waals surface area (Å²) in [7, 11) is 1.67. The Morgan fingerprint density at radius 2 is 2.12 bits per heavy atom. The van der Waals surface area contributed by atoms with Crippen molar-refractivity contribution in [1.29, 1.82) is 0 Å². The molecular formula is C20H20N2O3. The van der Waals surface area contributed by atoms with Gasteiger partial charge in [-0.15, -0.1) is 0 Å². The van der Waals surface area contributed by atoms with Crippen LogP contribution in [0, 0.1) is 0 Å². The number of ether oxygens (including phenoxy) is 3. The fourth-order valence-electron chi connectivity index (χ4n) is 3.92. The summed E-state index contributed by atoms with van der Waals surface area (Å²) >= 11 is 0. The summed E-state index contributed by atoms with van der Waals surface area (Å²) in [4.78, 5) is 6.04. The topological polar surface area (TPSA) is 46.7 Å². The maximum Gasteiger partial charge on any atom is 0.231 e. The number of aromatic amines is 1. The predicted octanol–water partition coefficient (Wildman–Crippen LogP) is 3.46. The summed E-state index contributed by atoms with van der Waals surface area (Å²) in [5.41, 5.74) is 5.22. The van der Waals surface area contributed by atoms with Crippen LogP contribution < -0.4 is 14.2 Å². The number of para-hydroxylation sites is 1. The van der Waals surface area contributed by atoms with E-state index in [1.807, 2.05) is 6.07 Å². The molecule has 0 spiro atoms. The molecule has 0 fully saturated rings. The molecule has 2 aromatic carbocycles. The number of methoxy groups -OCH3 is 1. The lowest BCUT2D eigenvalue weighted by Crippen LogP contribution is -2.29. The summed E-state index contributed by atoms with van der Waals surface area (Å²) in [6.07, 6.45) is 1.07. The largest absolute Gasteiger partial charge is 0.493 e. The Bertz CT molecular complexity index is 948. The maximum atomic E-state index is 5.54. The number of fused-ring (bicyclic) bond motifs is 4. The van der Waals surface area contributed by atoms with E-state index in [-0.39, 0.29) is 6.79 Å². The lowest BCUT2D eigenvalue weighted by Gasteiger charge is -2.27. The van der Waals surface area contributed by atoms with E-state index in [1.165, 1.54) is 27.7 Å². The Hall–Kier alpha value is -2.66. The molecule has 5 nitrogen and oxygen atoms in total. The number of aromatic nitrogens is 1. The Morgan fingerprint density at radius 3 is 3.04 bits per heavy atom. The van der Waals surface area contributed by atoms with Gasteiger partial charge >= 0.3 is 0 Å². The van der Waals surface area contributed by atoms with Gasteiger partial charge in [0.25, 0.3) is 0 Å². The number of H-pyrrole nitrogens is 1. The predicted molar refractivity (Wildman–Crippen MR) is 95.2 cm³/mol. The maximum absolute atomic E-state index is 5.54. The molecule has 5 rings (SSSR count). The first-order valence-electron chi connectivity index (χ1n) is 8.59. The smallest absolute Gasteiger partial charge is 0.231 e. The second kappa shape index (κ2) is 5.70. The number of hydrogen-bond donors (Lipinski definition) is 1. The van der Waals surface area contributed by atoms with Crippen molar-refractivity contribution in [2.45, 2.75) is 19.5 Å². The zero-order valence-electron chi connectivity index (χ0n) is 14.2. The molecule has 2 aliphatic rings. The highest BCUT2D eigenvalue weighted by Gasteiger charge is 2.23. The molecule has 0 saturated carbocycles. The van der Waals surface area contributed by atoms with Crippen molar-refractivity contribution in [3.8, 4) is 17.2 Å². The molecule has 3 aromatic rings. The highest BCUT2D eigenvalue weighted by atomic mass is 16.7. The zero-order valence-corrected chi connectivity index (χ0v) is 14.2. The van der Waals surface area contributed by atoms with E-state index in [9.17, 15) is 0 Å². The molecule has 1 N–H and O–H groups in total. The Kier molecular flexibility index (Phi) is 3.35. The summed E-state index contributed by atoms with van der Waals surface area (Å²) in [5.74, 6) is 2.23. The molecule has 3 heterocycles. The van der Waals surface area contributed by atoms with Crippen LogP contribution >= 0.6 is 0 Å². The standard InChI is InChI=1S/C20H20N2O3/c1-23-18-8-13(9-19-20(18)25-12-24-19)10-22-7-6-15-14-4-2-3-5-16(14)21-17(15)11-22/h2-5,8-9,21H,6-7,10-12H2,1H3. The third-order valence-corrected chi connectivity index (χ3v) is 5.09. The monoisotopic (exact) mass is 336 g/mol. The second-order valence-electron chi connectivity index (χ2n) is 6.62. The minimum atomic E-state index is 0.261. The minimum absolute atomic E-state index is 0.261. The van der Waals surface area contributed by atoms with Gasteiger partial charge in [0.1, 0.15) is 0 Å². The van der Waals surface area contributed by atoms with E-state index in [2.05, 4.69) is 40.2 Å². The van der Waals surface area contributed by atoms with Crippen LogP contribution in [0.5, 0.6) is 17.2 Å². The van der Waals surface area contributed by atoms with Crippen LogP contribution in [0.15, 0.2) is 36.4 Å². The van der Waals surface area contributed by atoms with E-state index >= 15 is 0 Å². The first-order valence-corrected chi connectivity index (χ1v) is 8.59. The van der Waals surface area contributed by atoms with Crippen molar-refractivity contribution < 1.29 is 14.2 Å². The van der Waals surface area contributed by atoms with Gasteiger partial charge in [0.15, 0.2) is 11.5 Å². The van der Waals surface area contributed by atoms with Crippen molar-refractivity contribution in [3.05, 3.63) is 53.2 Å². The Balaban J connectivity index is 1.41. The van der Waals surface area contributed by atoms with E-state index in [0.29, 0.717) is 5.75 Å². The lowest BCUT2D eigenvalue weighted by molar-refractivity contribution is 0.171. The average Bonchev–Trinajstić information content (AvgIpc) is 3.24. The van der Waals surface area contributed by atoms with Gasteiger partial charge in [-0.25, -0.2) is 0 Å². The van der Waals surface area contributed by atoms with E-state index in [1.54, 1.807) is 7.11 Å². The molecule has 2 aliphatic heterocycles. The van der Waals surface area contributed by atoms with Gasteiger partial charge in [0, 0.05) is 36.2 Å². The number of nitrogens with one attached hydrogen (secondary N) is 1. The summed E-state index contributed by atoms with van der Waals surface area (Å²) < 4.78 is 16.5. The van der Waals surface area contributed by atoms with Crippen molar-refractivity contribution >= 4 is 10.9 Å². The Labute approximate surface area is 146 Å². The highest BCUT2D eigenvalue weighted by Crippen LogP contribution is 2.42. The Morgan fingerprint density at radius 1 is 1.20 bits per heavy atom. The molecule has 0 bridgehead atoms. The van der Waals surface area contributed by atoms with E-state index in [4.69, 9.17) is 14.2 Å². The van der Waals surface area contributed by atoms with Gasteiger partial charge in [-0.3, -0.25) is 4.90 Å².